The molecule has 0 radical (unpaired) electrons. The summed E-state index contributed by atoms with van der Waals surface area (Å²) in [6.07, 6.45) is 1.01. The van der Waals surface area contributed by atoms with Crippen LogP contribution in [0, 0.1) is 10.2 Å². The zero-order valence-electron chi connectivity index (χ0n) is 16.6. The van der Waals surface area contributed by atoms with Crippen molar-refractivity contribution in [1.82, 2.24) is 0 Å². The van der Waals surface area contributed by atoms with Crippen LogP contribution in [-0.2, 0) is 6.42 Å². The van der Waals surface area contributed by atoms with E-state index in [1.54, 1.807) is 18.2 Å². The molecule has 0 amide bonds. The summed E-state index contributed by atoms with van der Waals surface area (Å²) in [5.41, 5.74) is 4.02. The van der Waals surface area contributed by atoms with Crippen LogP contribution in [0.15, 0.2) is 83.3 Å². The van der Waals surface area contributed by atoms with Crippen molar-refractivity contribution in [3.05, 3.63) is 89.8 Å². The lowest BCUT2D eigenvalue weighted by Gasteiger charge is -2.17. The Hall–Kier alpha value is -3.20. The molecule has 160 valence electrons. The number of phenols is 1. The molecule has 0 saturated heterocycles. The minimum absolute atomic E-state index is 0.213. The summed E-state index contributed by atoms with van der Waals surface area (Å²) in [5.74, 6) is 0.987. The molecule has 0 aliphatic rings. The van der Waals surface area contributed by atoms with Gasteiger partial charge in [-0.05, 0) is 30.2 Å². The van der Waals surface area contributed by atoms with Crippen molar-refractivity contribution < 1.29 is 43.4 Å². The van der Waals surface area contributed by atoms with Gasteiger partial charge in [0.05, 0.1) is 11.5 Å². The Labute approximate surface area is 180 Å². The van der Waals surface area contributed by atoms with E-state index in [4.69, 9.17) is 23.1 Å². The Kier molecular flexibility index (Phi) is 7.06. The maximum absolute atomic E-state index is 9.91. The Morgan fingerprint density at radius 1 is 0.871 bits per heavy atom. The van der Waals surface area contributed by atoms with Gasteiger partial charge in [0.2, 0.25) is 11.0 Å². The van der Waals surface area contributed by atoms with Crippen LogP contribution in [0.3, 0.4) is 0 Å². The van der Waals surface area contributed by atoms with Crippen molar-refractivity contribution in [1.29, 1.82) is 0 Å². The van der Waals surface area contributed by atoms with Crippen molar-refractivity contribution in [3.8, 4) is 17.1 Å². The number of fused-ring (bicyclic) bond motifs is 1. The molecule has 0 atom stereocenters. The molecule has 2 N–H and O–H groups in total. The summed E-state index contributed by atoms with van der Waals surface area (Å²) in [5, 5.41) is 11.6. The quantitative estimate of drug-likeness (QED) is 0.414. The summed E-state index contributed by atoms with van der Waals surface area (Å²) < 4.78 is 40.0. The minimum atomic E-state index is -4.94. The third-order valence-corrected chi connectivity index (χ3v) is 4.45. The first-order chi connectivity index (χ1) is 14.7. The second-order valence-electron chi connectivity index (χ2n) is 6.62. The van der Waals surface area contributed by atoms with Crippen LogP contribution >= 0.6 is 0 Å². The Bertz CT molecular complexity index is 1210. The van der Waals surface area contributed by atoms with Crippen molar-refractivity contribution >= 4 is 16.7 Å². The minimum Gasteiger partial charge on any atom is -0.508 e. The molecule has 0 spiro atoms. The van der Waals surface area contributed by atoms with Gasteiger partial charge in [0.1, 0.15) is 17.1 Å². The van der Waals surface area contributed by atoms with Crippen LogP contribution in [0.2, 0.25) is 0 Å². The van der Waals surface area contributed by atoms with Gasteiger partial charge in [0.25, 0.3) is 0 Å². The number of hydrogen-bond acceptors (Lipinski definition) is 6. The molecule has 8 heteroatoms. The lowest BCUT2D eigenvalue weighted by Crippen LogP contribution is -2.70. The molecular weight excluding hydrogens is 422 g/mol. The lowest BCUT2D eigenvalue weighted by atomic mass is 10.1. The van der Waals surface area contributed by atoms with Crippen LogP contribution in [-0.4, -0.2) is 5.11 Å². The Morgan fingerprint density at radius 3 is 2.13 bits per heavy atom. The fourth-order valence-electron chi connectivity index (χ4n) is 3.00. The second kappa shape index (κ2) is 9.74. The topological polar surface area (TPSA) is 140 Å². The predicted octanol–water partition coefficient (Wildman–Crippen LogP) is -1.08. The van der Waals surface area contributed by atoms with Crippen LogP contribution in [0.1, 0.15) is 12.5 Å². The summed E-state index contributed by atoms with van der Waals surface area (Å²) in [6, 6.07) is 25.5. The molecule has 31 heavy (non-hydrogen) atoms. The number of nitrogens with one attached hydrogen (secondary N) is 1. The van der Waals surface area contributed by atoms with Gasteiger partial charge in [-0.25, -0.2) is 23.6 Å². The van der Waals surface area contributed by atoms with Crippen LogP contribution < -0.4 is 29.0 Å². The third-order valence-electron chi connectivity index (χ3n) is 4.45. The van der Waals surface area contributed by atoms with E-state index in [-0.39, 0.29) is 5.75 Å². The van der Waals surface area contributed by atoms with Crippen molar-refractivity contribution in [2.75, 3.05) is 0 Å². The molecule has 0 aliphatic heterocycles. The van der Waals surface area contributed by atoms with Crippen LogP contribution in [0.4, 0.5) is 5.69 Å². The van der Waals surface area contributed by atoms with E-state index in [0.29, 0.717) is 0 Å². The average Bonchev–Trinajstić information content (AvgIpc) is 2.74. The highest BCUT2D eigenvalue weighted by atomic mass is 35.7. The molecule has 0 bridgehead atoms. The fourth-order valence-corrected chi connectivity index (χ4v) is 3.00. The normalized spacial score (nSPS) is 11.8. The molecule has 4 aromatic rings. The van der Waals surface area contributed by atoms with E-state index in [2.05, 4.69) is 36.2 Å². The summed E-state index contributed by atoms with van der Waals surface area (Å²) in [4.78, 5) is 3.46. The number of halogens is 1. The molecular formula is C23H20ClNO6. The molecule has 3 aromatic carbocycles. The Balaban J connectivity index is 0.000000491. The number of benzene rings is 3. The van der Waals surface area contributed by atoms with Gasteiger partial charge in [-0.3, -0.25) is 0 Å². The van der Waals surface area contributed by atoms with Crippen LogP contribution in [0.5, 0.6) is 5.75 Å². The van der Waals surface area contributed by atoms with Gasteiger partial charge in [-0.1, -0.05) is 49.4 Å². The van der Waals surface area contributed by atoms with E-state index in [1.165, 1.54) is 5.56 Å². The van der Waals surface area contributed by atoms with Crippen molar-refractivity contribution in [2.45, 2.75) is 13.3 Å². The SMILES string of the molecule is CCc1ccc([NH+]=c2cc(-c3ccccc3)oc3ccc(O)cc23)cc1.[O-][Cl+3]([O-])([O-])[O-]. The largest absolute Gasteiger partial charge is 0.508 e. The van der Waals surface area contributed by atoms with Crippen molar-refractivity contribution in [2.24, 2.45) is 0 Å². The molecule has 1 aromatic heterocycles. The summed E-state index contributed by atoms with van der Waals surface area (Å²) in [7, 11) is -4.94. The summed E-state index contributed by atoms with van der Waals surface area (Å²) >= 11 is 0. The summed E-state index contributed by atoms with van der Waals surface area (Å²) in [6.45, 7) is 2.14. The zero-order valence-corrected chi connectivity index (χ0v) is 17.3. The monoisotopic (exact) mass is 441 g/mol. The lowest BCUT2D eigenvalue weighted by molar-refractivity contribution is -2.00. The van der Waals surface area contributed by atoms with E-state index < -0.39 is 10.2 Å². The van der Waals surface area contributed by atoms with Crippen LogP contribution in [0.25, 0.3) is 22.3 Å². The van der Waals surface area contributed by atoms with Gasteiger partial charge in [-0.2, -0.15) is 0 Å². The smallest absolute Gasteiger partial charge is 0.218 e. The molecule has 0 fully saturated rings. The number of rotatable bonds is 3. The number of aromatic hydroxyl groups is 1. The van der Waals surface area contributed by atoms with E-state index in [9.17, 15) is 5.11 Å². The maximum atomic E-state index is 9.91. The predicted molar refractivity (Wildman–Crippen MR) is 103 cm³/mol. The fraction of sp³-hybridized carbons (Fsp3) is 0.0870. The molecule has 1 heterocycles. The van der Waals surface area contributed by atoms with E-state index in [1.807, 2.05) is 36.4 Å². The number of phenolic OH excluding ortho intramolecular Hbond substituents is 1. The molecule has 4 rings (SSSR count). The number of hydrogen-bond donors (Lipinski definition) is 2. The van der Waals surface area contributed by atoms with Gasteiger partial charge >= 0.3 is 0 Å². The Morgan fingerprint density at radius 2 is 1.52 bits per heavy atom. The molecule has 0 saturated carbocycles. The molecule has 0 unspecified atom stereocenters. The van der Waals surface area contributed by atoms with Crippen molar-refractivity contribution in [3.63, 3.8) is 0 Å². The van der Waals surface area contributed by atoms with E-state index >= 15 is 0 Å². The van der Waals surface area contributed by atoms with Gasteiger partial charge < -0.3 is 9.52 Å². The highest BCUT2D eigenvalue weighted by Gasteiger charge is 2.10. The maximum Gasteiger partial charge on any atom is 0.218 e. The average molecular weight is 442 g/mol. The highest BCUT2D eigenvalue weighted by molar-refractivity contribution is 5.79. The third kappa shape index (κ3) is 6.65. The highest BCUT2D eigenvalue weighted by Crippen LogP contribution is 2.23. The standard InChI is InChI=1S/C23H19NO2.ClHO4/c1-2-16-8-10-18(11-9-16)24-21-15-23(17-6-4-3-5-7-17)26-22-13-12-19(25)14-20(21)22;2-1(3,4)5/h3-15,25H,2H2,1H3;(H,2,3,4,5). The first-order valence-corrected chi connectivity index (χ1v) is 10.6. The van der Waals surface area contributed by atoms with E-state index in [0.717, 1.165) is 39.8 Å². The second-order valence-corrected chi connectivity index (χ2v) is 7.38. The first kappa shape index (κ1) is 22.5. The molecule has 7 nitrogen and oxygen atoms in total. The van der Waals surface area contributed by atoms with Gasteiger partial charge in [-0.15, -0.1) is 10.2 Å². The van der Waals surface area contributed by atoms with Gasteiger partial charge in [0.15, 0.2) is 0 Å². The number of aryl methyl sites for hydroxylation is 1. The van der Waals surface area contributed by atoms with Gasteiger partial charge in [0, 0.05) is 17.7 Å². The molecule has 0 aliphatic carbocycles. The zero-order chi connectivity index (χ0) is 22.4. The first-order valence-electron chi connectivity index (χ1n) is 9.36.